The molecular weight excluding hydrogens is 300 g/mol. The molecule has 0 fully saturated rings. The maximum atomic E-state index is 12.6. The monoisotopic (exact) mass is 330 g/mol. The second kappa shape index (κ2) is 9.78. The fourth-order valence-corrected chi connectivity index (χ4v) is 2.33. The van der Waals surface area contributed by atoms with Gasteiger partial charge in [-0.05, 0) is 18.3 Å². The third-order valence-electron chi connectivity index (χ3n) is 3.39. The first-order chi connectivity index (χ1) is 10.6. The molecule has 23 heavy (non-hydrogen) atoms. The summed E-state index contributed by atoms with van der Waals surface area (Å²) in [5.74, 6) is -2.15. The zero-order valence-corrected chi connectivity index (χ0v) is 14.8. The number of carbonyl (C=O) groups excluding carboxylic acids is 3. The Morgan fingerprint density at radius 3 is 1.91 bits per heavy atom. The Bertz CT molecular complexity index is 415. The molecule has 2 unspecified atom stereocenters. The van der Waals surface area contributed by atoms with Crippen LogP contribution >= 0.6 is 0 Å². The van der Waals surface area contributed by atoms with Crippen LogP contribution in [-0.4, -0.2) is 46.1 Å². The Labute approximate surface area is 138 Å². The number of hydrogen-bond acceptors (Lipinski definition) is 6. The van der Waals surface area contributed by atoms with E-state index in [2.05, 4.69) is 0 Å². The van der Waals surface area contributed by atoms with E-state index in [4.69, 9.17) is 4.74 Å². The van der Waals surface area contributed by atoms with Gasteiger partial charge in [0.1, 0.15) is 6.10 Å². The molecule has 0 aliphatic heterocycles. The van der Waals surface area contributed by atoms with Gasteiger partial charge >= 0.3 is 5.97 Å². The van der Waals surface area contributed by atoms with E-state index in [-0.39, 0.29) is 31.1 Å². The number of rotatable bonds is 11. The normalized spacial score (nSPS) is 15.3. The number of Topliss-reactive ketones (excluding diaryl/α,β-unsaturated/α-hetero) is 2. The molecule has 0 bridgehead atoms. The molecular formula is C17H30O6. The molecule has 0 heterocycles. The van der Waals surface area contributed by atoms with Gasteiger partial charge in [0.15, 0.2) is 11.6 Å². The van der Waals surface area contributed by atoms with Crippen molar-refractivity contribution in [1.29, 1.82) is 0 Å². The van der Waals surface area contributed by atoms with Crippen LogP contribution in [0.15, 0.2) is 0 Å². The summed E-state index contributed by atoms with van der Waals surface area (Å²) in [4.78, 5) is 37.3. The van der Waals surface area contributed by atoms with Gasteiger partial charge in [0.05, 0.1) is 6.61 Å². The summed E-state index contributed by atoms with van der Waals surface area (Å²) >= 11 is 0. The molecule has 0 spiro atoms. The topological polar surface area (TPSA) is 101 Å². The van der Waals surface area contributed by atoms with E-state index in [1.54, 1.807) is 34.6 Å². The number of hydrogen-bond donors (Lipinski definition) is 2. The van der Waals surface area contributed by atoms with Gasteiger partial charge in [0, 0.05) is 19.3 Å². The van der Waals surface area contributed by atoms with E-state index < -0.39 is 35.8 Å². The highest BCUT2D eigenvalue weighted by Crippen LogP contribution is 2.27. The first-order valence-corrected chi connectivity index (χ1v) is 8.19. The van der Waals surface area contributed by atoms with Crippen LogP contribution in [0.3, 0.4) is 0 Å². The maximum absolute atomic E-state index is 12.6. The lowest BCUT2D eigenvalue weighted by atomic mass is 9.81. The van der Waals surface area contributed by atoms with Crippen molar-refractivity contribution in [3.8, 4) is 0 Å². The zero-order chi connectivity index (χ0) is 18.2. The van der Waals surface area contributed by atoms with Crippen molar-refractivity contribution in [3.05, 3.63) is 0 Å². The molecule has 0 radical (unpaired) electrons. The third kappa shape index (κ3) is 6.03. The molecule has 0 aromatic heterocycles. The highest BCUT2D eigenvalue weighted by molar-refractivity contribution is 6.12. The van der Waals surface area contributed by atoms with E-state index in [1.165, 1.54) is 0 Å². The fraction of sp³-hybridized carbons (Fsp3) is 0.824. The van der Waals surface area contributed by atoms with Gasteiger partial charge in [-0.1, -0.05) is 34.6 Å². The third-order valence-corrected chi connectivity index (χ3v) is 3.39. The quantitative estimate of drug-likeness (QED) is 0.441. The summed E-state index contributed by atoms with van der Waals surface area (Å²) in [6.07, 6.45) is -1.34. The van der Waals surface area contributed by atoms with Crippen LogP contribution in [0.1, 0.15) is 60.3 Å². The molecule has 2 atom stereocenters. The summed E-state index contributed by atoms with van der Waals surface area (Å²) in [5, 5.41) is 19.5. The Balaban J connectivity index is 5.78. The molecule has 6 nitrogen and oxygen atoms in total. The molecule has 0 amide bonds. The molecule has 0 aliphatic rings. The van der Waals surface area contributed by atoms with Crippen molar-refractivity contribution in [1.82, 2.24) is 0 Å². The minimum atomic E-state index is -2.30. The van der Waals surface area contributed by atoms with Crippen LogP contribution in [0, 0.1) is 11.8 Å². The van der Waals surface area contributed by atoms with Crippen LogP contribution in [0.25, 0.3) is 0 Å². The molecule has 0 saturated heterocycles. The summed E-state index contributed by atoms with van der Waals surface area (Å²) < 4.78 is 5.23. The summed E-state index contributed by atoms with van der Waals surface area (Å²) in [6, 6.07) is 0. The van der Waals surface area contributed by atoms with Crippen LogP contribution in [0.4, 0.5) is 0 Å². The first kappa shape index (κ1) is 21.7. The largest absolute Gasteiger partial charge is 0.440 e. The van der Waals surface area contributed by atoms with Gasteiger partial charge in [0.25, 0.3) is 5.60 Å². The smallest absolute Gasteiger partial charge is 0.307 e. The van der Waals surface area contributed by atoms with Crippen molar-refractivity contribution in [3.63, 3.8) is 0 Å². The Morgan fingerprint density at radius 1 is 1.00 bits per heavy atom. The number of ether oxygens (including phenoxy) is 1. The van der Waals surface area contributed by atoms with E-state index in [9.17, 15) is 24.6 Å². The van der Waals surface area contributed by atoms with E-state index in [0.717, 1.165) is 0 Å². The number of ketones is 2. The van der Waals surface area contributed by atoms with Crippen molar-refractivity contribution >= 4 is 17.5 Å². The predicted molar refractivity (Wildman–Crippen MR) is 85.7 cm³/mol. The van der Waals surface area contributed by atoms with E-state index >= 15 is 0 Å². The molecule has 0 saturated carbocycles. The number of esters is 1. The summed E-state index contributed by atoms with van der Waals surface area (Å²) in [6.45, 7) is 8.08. The molecule has 0 aromatic rings. The molecule has 0 aromatic carbocycles. The van der Waals surface area contributed by atoms with Gasteiger partial charge in [-0.2, -0.15) is 0 Å². The maximum Gasteiger partial charge on any atom is 0.307 e. The van der Waals surface area contributed by atoms with Gasteiger partial charge in [-0.25, -0.2) is 0 Å². The van der Waals surface area contributed by atoms with Crippen molar-refractivity contribution in [2.75, 3.05) is 6.61 Å². The lowest BCUT2D eigenvalue weighted by molar-refractivity contribution is -0.189. The average Bonchev–Trinajstić information content (AvgIpc) is 2.42. The molecule has 134 valence electrons. The minimum Gasteiger partial charge on any atom is -0.440 e. The second-order valence-corrected chi connectivity index (χ2v) is 6.70. The van der Waals surface area contributed by atoms with Crippen molar-refractivity contribution in [2.45, 2.75) is 72.0 Å². The van der Waals surface area contributed by atoms with Crippen LogP contribution in [0.2, 0.25) is 0 Å². The Kier molecular flexibility index (Phi) is 9.24. The van der Waals surface area contributed by atoms with Crippen molar-refractivity contribution in [2.24, 2.45) is 11.8 Å². The summed E-state index contributed by atoms with van der Waals surface area (Å²) in [7, 11) is 0. The van der Waals surface area contributed by atoms with E-state index in [0.29, 0.717) is 6.42 Å². The van der Waals surface area contributed by atoms with Gasteiger partial charge < -0.3 is 14.9 Å². The Hall–Kier alpha value is -1.27. The molecule has 2 N–H and O–H groups in total. The van der Waals surface area contributed by atoms with E-state index in [1.807, 2.05) is 0 Å². The zero-order valence-electron chi connectivity index (χ0n) is 14.8. The molecule has 0 rings (SSSR count). The predicted octanol–water partition coefficient (Wildman–Crippen LogP) is 1.65. The molecule has 0 aliphatic carbocycles. The second-order valence-electron chi connectivity index (χ2n) is 6.70. The highest BCUT2D eigenvalue weighted by atomic mass is 16.6. The lowest BCUT2D eigenvalue weighted by Crippen LogP contribution is -2.60. The minimum absolute atomic E-state index is 0.0180. The lowest BCUT2D eigenvalue weighted by Gasteiger charge is -2.34. The van der Waals surface area contributed by atoms with Crippen LogP contribution in [0.5, 0.6) is 0 Å². The summed E-state index contributed by atoms with van der Waals surface area (Å²) in [5.41, 5.74) is -2.30. The fourth-order valence-electron chi connectivity index (χ4n) is 2.33. The standard InChI is InChI=1S/C17H30O6/c1-6-7-13(19)17(15(21)10-18,14(20)8-11(2)3)23-16(22)9-12(4)5/h11-12,15,18,21H,6-10H2,1-5H3. The van der Waals surface area contributed by atoms with Crippen LogP contribution < -0.4 is 0 Å². The average molecular weight is 330 g/mol. The molecule has 6 heteroatoms. The van der Waals surface area contributed by atoms with Gasteiger partial charge in [-0.15, -0.1) is 0 Å². The van der Waals surface area contributed by atoms with Gasteiger partial charge in [0.2, 0.25) is 0 Å². The first-order valence-electron chi connectivity index (χ1n) is 8.19. The Morgan fingerprint density at radius 2 is 1.52 bits per heavy atom. The van der Waals surface area contributed by atoms with Gasteiger partial charge in [-0.3, -0.25) is 14.4 Å². The highest BCUT2D eigenvalue weighted by Gasteiger charge is 2.53. The number of aliphatic hydroxyl groups is 2. The number of carbonyl (C=O) groups is 3. The van der Waals surface area contributed by atoms with Crippen molar-refractivity contribution < 1.29 is 29.3 Å². The van der Waals surface area contributed by atoms with Crippen LogP contribution in [-0.2, 0) is 19.1 Å². The number of aliphatic hydroxyl groups excluding tert-OH is 2. The SMILES string of the molecule is CCCC(=O)C(OC(=O)CC(C)C)(C(=O)CC(C)C)C(O)CO.